The molecule has 160 valence electrons. The Kier molecular flexibility index (Phi) is 6.16. The number of hydrogen-bond donors (Lipinski definition) is 3. The molecule has 6 nitrogen and oxygen atoms in total. The highest BCUT2D eigenvalue weighted by atomic mass is 35.5. The molecule has 2 aliphatic rings. The first-order valence-electron chi connectivity index (χ1n) is 9.97. The number of anilines is 2. The Morgan fingerprint density at radius 2 is 1.62 bits per heavy atom. The van der Waals surface area contributed by atoms with E-state index in [0.29, 0.717) is 28.8 Å². The van der Waals surface area contributed by atoms with E-state index in [0.717, 1.165) is 18.4 Å². The molecule has 0 atom stereocenters. The lowest BCUT2D eigenvalue weighted by atomic mass is 10.1. The highest BCUT2D eigenvalue weighted by Crippen LogP contribution is 2.42. The van der Waals surface area contributed by atoms with Gasteiger partial charge in [-0.1, -0.05) is 42.5 Å². The lowest BCUT2D eigenvalue weighted by Crippen LogP contribution is -2.32. The Hall–Kier alpha value is -3.74. The van der Waals surface area contributed by atoms with Crippen molar-refractivity contribution in [3.05, 3.63) is 107 Å². The van der Waals surface area contributed by atoms with Gasteiger partial charge in [0.1, 0.15) is 11.5 Å². The molecule has 1 aromatic heterocycles. The fourth-order valence-electron chi connectivity index (χ4n) is 3.56. The van der Waals surface area contributed by atoms with E-state index in [9.17, 15) is 0 Å². The van der Waals surface area contributed by atoms with Crippen LogP contribution in [0, 0.1) is 5.41 Å². The van der Waals surface area contributed by atoms with Gasteiger partial charge in [-0.15, -0.1) is 11.6 Å². The molecule has 0 bridgehead atoms. The Morgan fingerprint density at radius 3 is 2.25 bits per heavy atom. The molecular weight excluding hydrogens is 422 g/mol. The summed E-state index contributed by atoms with van der Waals surface area (Å²) in [5, 5.41) is 15.8. The van der Waals surface area contributed by atoms with Gasteiger partial charge >= 0.3 is 0 Å². The maximum Gasteiger partial charge on any atom is 0.157 e. The minimum absolute atomic E-state index is 0.286. The predicted molar refractivity (Wildman–Crippen MR) is 131 cm³/mol. The maximum atomic E-state index is 8.80. The smallest absolute Gasteiger partial charge is 0.157 e. The molecule has 3 aromatic rings. The number of nitrogens with one attached hydrogen (secondary N) is 1. The van der Waals surface area contributed by atoms with Gasteiger partial charge in [0.05, 0.1) is 5.56 Å². The summed E-state index contributed by atoms with van der Waals surface area (Å²) in [5.41, 5.74) is 12.9. The topological polar surface area (TPSA) is 98.6 Å². The molecule has 2 heterocycles. The Bertz CT molecular complexity index is 1240. The molecule has 5 rings (SSSR count). The summed E-state index contributed by atoms with van der Waals surface area (Å²) in [6, 6.07) is 19.7. The second-order valence-corrected chi connectivity index (χ2v) is 7.30. The van der Waals surface area contributed by atoms with Crippen molar-refractivity contribution >= 4 is 40.4 Å². The molecule has 7 heteroatoms. The number of benzene rings is 2. The van der Waals surface area contributed by atoms with Gasteiger partial charge in [0.25, 0.3) is 0 Å². The van der Waals surface area contributed by atoms with Crippen LogP contribution >= 0.6 is 11.6 Å². The molecule has 4 N–H and O–H groups in total. The molecule has 1 aliphatic heterocycles. The molecule has 0 unspecified atom stereocenters. The second kappa shape index (κ2) is 9.18. The first kappa shape index (κ1) is 21.5. The number of alkyl halides is 1. The number of nitrogens with two attached hydrogens (primary N) is 1. The van der Waals surface area contributed by atoms with Gasteiger partial charge in [0, 0.05) is 24.9 Å². The number of aliphatic hydroxyl groups excluding tert-OH is 1. The van der Waals surface area contributed by atoms with Crippen LogP contribution in [0.4, 0.5) is 11.5 Å². The van der Waals surface area contributed by atoms with Crippen molar-refractivity contribution in [2.75, 3.05) is 17.7 Å². The predicted octanol–water partition coefficient (Wildman–Crippen LogP) is 4.58. The highest BCUT2D eigenvalue weighted by Gasteiger charge is 2.31. The summed E-state index contributed by atoms with van der Waals surface area (Å²) in [7, 11) is 1.00. The van der Waals surface area contributed by atoms with E-state index in [1.54, 1.807) is 11.1 Å². The molecule has 0 saturated carbocycles. The van der Waals surface area contributed by atoms with Crippen LogP contribution in [-0.2, 0) is 5.88 Å². The van der Waals surface area contributed by atoms with Crippen LogP contribution in [-0.4, -0.2) is 28.9 Å². The Balaban J connectivity index is 0.00000119. The maximum absolute atomic E-state index is 8.80. The first-order chi connectivity index (χ1) is 15.7. The molecule has 0 amide bonds. The summed E-state index contributed by atoms with van der Waals surface area (Å²) >= 11 is 5.93. The van der Waals surface area contributed by atoms with Crippen LogP contribution in [0.15, 0.2) is 89.7 Å². The largest absolute Gasteiger partial charge is 0.400 e. The summed E-state index contributed by atoms with van der Waals surface area (Å²) in [6.45, 7) is 0. The van der Waals surface area contributed by atoms with Crippen molar-refractivity contribution in [1.82, 2.24) is 4.98 Å². The van der Waals surface area contributed by atoms with Gasteiger partial charge in [-0.3, -0.25) is 10.3 Å². The molecule has 0 fully saturated rings. The number of aliphatic imine (C=N–C) groups is 1. The summed E-state index contributed by atoms with van der Waals surface area (Å²) in [6.07, 6.45) is 5.55. The third-order valence-electron chi connectivity index (χ3n) is 5.19. The van der Waals surface area contributed by atoms with E-state index in [-0.39, 0.29) is 5.84 Å². The van der Waals surface area contributed by atoms with Crippen LogP contribution in [0.5, 0.6) is 0 Å². The Morgan fingerprint density at radius 1 is 0.969 bits per heavy atom. The third kappa shape index (κ3) is 3.93. The fourth-order valence-corrected chi connectivity index (χ4v) is 3.74. The van der Waals surface area contributed by atoms with E-state index >= 15 is 0 Å². The van der Waals surface area contributed by atoms with Gasteiger partial charge in [0.15, 0.2) is 11.7 Å². The first-order valence-corrected chi connectivity index (χ1v) is 10.5. The molecule has 1 aliphatic carbocycles. The molecule has 32 heavy (non-hydrogen) atoms. The number of pyridine rings is 1. The third-order valence-corrected chi connectivity index (χ3v) is 5.49. The van der Waals surface area contributed by atoms with Crippen molar-refractivity contribution in [2.45, 2.75) is 5.88 Å². The van der Waals surface area contributed by atoms with E-state index < -0.39 is 0 Å². The summed E-state index contributed by atoms with van der Waals surface area (Å²) in [5.74, 6) is 1.68. The van der Waals surface area contributed by atoms with Crippen molar-refractivity contribution in [1.29, 1.82) is 5.41 Å². The van der Waals surface area contributed by atoms with Gasteiger partial charge in [0.2, 0.25) is 0 Å². The number of amidine groups is 2. The summed E-state index contributed by atoms with van der Waals surface area (Å²) in [4.78, 5) is 10.7. The van der Waals surface area contributed by atoms with Gasteiger partial charge in [-0.05, 0) is 52.6 Å². The monoisotopic (exact) mass is 443 g/mol. The number of rotatable bonds is 4. The molecule has 0 spiro atoms. The van der Waals surface area contributed by atoms with Crippen LogP contribution in [0.3, 0.4) is 0 Å². The number of aliphatic hydroxyl groups is 1. The standard InChI is InChI=1S/C24H18ClN5.CH4O/c25-14-15-7-9-16(10-8-15)30-23(27)21(12-11-19-17-4-1-2-5-18(17)19)29-24(30)20-6-3-13-28-22(20)26;1-2/h1-13,27H,14H2,(H2,26,28);2H,1H3/b21-12+,27-23?;. The zero-order valence-corrected chi connectivity index (χ0v) is 18.2. The number of hydrogen-bond acceptors (Lipinski definition) is 5. The quantitative estimate of drug-likeness (QED) is 0.402. The lowest BCUT2D eigenvalue weighted by molar-refractivity contribution is 0.399. The van der Waals surface area contributed by atoms with E-state index in [4.69, 9.17) is 32.8 Å². The van der Waals surface area contributed by atoms with Gasteiger partial charge in [-0.25, -0.2) is 9.98 Å². The molecule has 0 radical (unpaired) electrons. The minimum Gasteiger partial charge on any atom is -0.400 e. The minimum atomic E-state index is 0.286. The van der Waals surface area contributed by atoms with Crippen molar-refractivity contribution in [3.63, 3.8) is 0 Å². The zero-order valence-electron chi connectivity index (χ0n) is 17.5. The number of aromatic nitrogens is 1. The molecule has 2 aromatic carbocycles. The number of nitrogen functional groups attached to an aromatic ring is 1. The fraction of sp³-hybridized carbons (Fsp3) is 0.0800. The van der Waals surface area contributed by atoms with Crippen LogP contribution in [0.1, 0.15) is 22.3 Å². The molecular formula is C25H22ClN5O. The van der Waals surface area contributed by atoms with Crippen molar-refractivity contribution < 1.29 is 5.11 Å². The lowest BCUT2D eigenvalue weighted by Gasteiger charge is -2.21. The highest BCUT2D eigenvalue weighted by molar-refractivity contribution is 6.34. The van der Waals surface area contributed by atoms with Crippen LogP contribution in [0.2, 0.25) is 0 Å². The SMILES string of the molecule is CO.N=C1/C(=C\C=C2c3ccccc32)N=C(c2cccnc2N)N1c1ccc(CCl)cc1. The number of nitrogens with zero attached hydrogens (tertiary/aromatic N) is 3. The van der Waals surface area contributed by atoms with Crippen molar-refractivity contribution in [3.8, 4) is 0 Å². The van der Waals surface area contributed by atoms with Crippen LogP contribution < -0.4 is 10.6 Å². The van der Waals surface area contributed by atoms with Gasteiger partial charge in [-0.2, -0.15) is 0 Å². The van der Waals surface area contributed by atoms with E-state index in [1.807, 2.05) is 60.7 Å². The van der Waals surface area contributed by atoms with Crippen molar-refractivity contribution in [2.24, 2.45) is 4.99 Å². The second-order valence-electron chi connectivity index (χ2n) is 7.03. The Labute approximate surface area is 191 Å². The number of halogens is 1. The normalized spacial score (nSPS) is 15.2. The number of fused-ring (bicyclic) bond motifs is 1. The average molecular weight is 444 g/mol. The van der Waals surface area contributed by atoms with Gasteiger partial charge < -0.3 is 10.8 Å². The summed E-state index contributed by atoms with van der Waals surface area (Å²) < 4.78 is 0. The molecule has 0 saturated heterocycles. The zero-order chi connectivity index (χ0) is 22.7. The average Bonchev–Trinajstić information content (AvgIpc) is 3.46. The van der Waals surface area contributed by atoms with E-state index in [1.165, 1.54) is 16.7 Å². The van der Waals surface area contributed by atoms with Crippen LogP contribution in [0.25, 0.3) is 5.57 Å². The number of allylic oxidation sites excluding steroid dienone is 2. The van der Waals surface area contributed by atoms with E-state index in [2.05, 4.69) is 17.1 Å².